The summed E-state index contributed by atoms with van der Waals surface area (Å²) in [6, 6.07) is 25.9. The summed E-state index contributed by atoms with van der Waals surface area (Å²) in [5, 5.41) is 0. The van der Waals surface area contributed by atoms with Crippen molar-refractivity contribution in [2.45, 2.75) is 13.8 Å². The Morgan fingerprint density at radius 2 is 1.17 bits per heavy atom. The molecule has 0 amide bonds. The first kappa shape index (κ1) is 16.5. The molecule has 0 saturated carbocycles. The molecule has 0 bridgehead atoms. The van der Waals surface area contributed by atoms with Crippen molar-refractivity contribution in [3.63, 3.8) is 0 Å². The number of hydrogen-bond donors (Lipinski definition) is 0. The van der Waals surface area contributed by atoms with Gasteiger partial charge in [0.1, 0.15) is 0 Å². The van der Waals surface area contributed by atoms with Crippen molar-refractivity contribution in [1.82, 2.24) is 0 Å². The Bertz CT molecular complexity index is 818. The molecule has 0 heterocycles. The van der Waals surface area contributed by atoms with Gasteiger partial charge in [0, 0.05) is 0 Å². The van der Waals surface area contributed by atoms with Crippen LogP contribution in [0.15, 0.2) is 82.9 Å². The average Bonchev–Trinajstić information content (AvgIpc) is 2.62. The van der Waals surface area contributed by atoms with Crippen LogP contribution in [0, 0.1) is 13.8 Å². The summed E-state index contributed by atoms with van der Waals surface area (Å²) in [5.41, 5.74) is 5.16. The molecule has 0 aliphatic heterocycles. The fourth-order valence-corrected chi connectivity index (χ4v) is 4.20. The molecule has 0 aliphatic carbocycles. The van der Waals surface area contributed by atoms with E-state index in [1.54, 1.807) is 0 Å². The van der Waals surface area contributed by atoms with Crippen LogP contribution in [0.25, 0.3) is 0 Å². The van der Waals surface area contributed by atoms with Crippen molar-refractivity contribution in [3.05, 3.63) is 101 Å². The van der Waals surface area contributed by atoms with Crippen molar-refractivity contribution >= 4 is 24.2 Å². The van der Waals surface area contributed by atoms with Gasteiger partial charge in [-0.1, -0.05) is 0 Å². The van der Waals surface area contributed by atoms with Gasteiger partial charge in [0.25, 0.3) is 0 Å². The zero-order valence-corrected chi connectivity index (χ0v) is 15.5. The van der Waals surface area contributed by atoms with Gasteiger partial charge in [-0.15, -0.1) is 0 Å². The summed E-state index contributed by atoms with van der Waals surface area (Å²) in [6.45, 7) is 4.11. The molecule has 24 heavy (non-hydrogen) atoms. The molecule has 0 fully saturated rings. The van der Waals surface area contributed by atoms with E-state index in [9.17, 15) is 3.83 Å². The second kappa shape index (κ2) is 7.48. The van der Waals surface area contributed by atoms with Crippen LogP contribution < -0.4 is 4.46 Å². The van der Waals surface area contributed by atoms with Crippen LogP contribution >= 0.6 is 0 Å². The molecule has 0 aliphatic rings. The molecule has 3 aromatic carbocycles. The monoisotopic (exact) mass is 381 g/mol. The van der Waals surface area contributed by atoms with Crippen molar-refractivity contribution < 1.29 is 3.83 Å². The summed E-state index contributed by atoms with van der Waals surface area (Å²) >= 11 is -2.49. The SMILES string of the molecule is Cc1ccc(C(=N[Se](=O)c2ccccc2)c2ccc(C)cc2)cc1. The first-order valence-corrected chi connectivity index (χ1v) is 10.2. The van der Waals surface area contributed by atoms with Crippen molar-refractivity contribution in [1.29, 1.82) is 0 Å². The van der Waals surface area contributed by atoms with E-state index in [0.717, 1.165) is 21.3 Å². The van der Waals surface area contributed by atoms with Gasteiger partial charge in [-0.05, 0) is 0 Å². The number of benzene rings is 3. The maximum absolute atomic E-state index is 12.8. The molecule has 1 unspecified atom stereocenters. The van der Waals surface area contributed by atoms with E-state index in [-0.39, 0.29) is 0 Å². The number of hydrogen-bond acceptors (Lipinski definition) is 1. The Kier molecular flexibility index (Phi) is 5.14. The van der Waals surface area contributed by atoms with E-state index in [2.05, 4.69) is 42.1 Å². The molecule has 0 aromatic heterocycles. The van der Waals surface area contributed by atoms with Gasteiger partial charge in [0.05, 0.1) is 0 Å². The molecule has 2 nitrogen and oxygen atoms in total. The van der Waals surface area contributed by atoms with Gasteiger partial charge in [0.2, 0.25) is 0 Å². The molecule has 0 N–H and O–H groups in total. The van der Waals surface area contributed by atoms with Crippen LogP contribution in [-0.4, -0.2) is 19.8 Å². The molecule has 0 saturated heterocycles. The second-order valence-corrected chi connectivity index (χ2v) is 8.15. The van der Waals surface area contributed by atoms with Crippen LogP contribution in [0.1, 0.15) is 22.3 Å². The van der Waals surface area contributed by atoms with E-state index >= 15 is 0 Å². The van der Waals surface area contributed by atoms with Gasteiger partial charge >= 0.3 is 147 Å². The van der Waals surface area contributed by atoms with Crippen molar-refractivity contribution in [3.8, 4) is 0 Å². The van der Waals surface area contributed by atoms with E-state index in [0.29, 0.717) is 0 Å². The third kappa shape index (κ3) is 3.94. The molecule has 3 rings (SSSR count). The van der Waals surface area contributed by atoms with Crippen LogP contribution in [0.2, 0.25) is 0 Å². The Hall–Kier alpha value is -2.35. The predicted octanol–water partition coefficient (Wildman–Crippen LogP) is 3.97. The van der Waals surface area contributed by atoms with E-state index < -0.39 is 14.1 Å². The summed E-state index contributed by atoms with van der Waals surface area (Å²) < 4.78 is 18.2. The molecule has 1 atom stereocenters. The summed E-state index contributed by atoms with van der Waals surface area (Å²) in [7, 11) is 0. The van der Waals surface area contributed by atoms with Crippen LogP contribution in [0.4, 0.5) is 0 Å². The quantitative estimate of drug-likeness (QED) is 0.498. The van der Waals surface area contributed by atoms with E-state index in [1.807, 2.05) is 54.6 Å². The second-order valence-electron chi connectivity index (χ2n) is 5.73. The summed E-state index contributed by atoms with van der Waals surface area (Å²) in [6.07, 6.45) is 0. The maximum atomic E-state index is 12.8. The van der Waals surface area contributed by atoms with Crippen molar-refractivity contribution in [2.24, 2.45) is 4.01 Å². The summed E-state index contributed by atoms with van der Waals surface area (Å²) in [4.78, 5) is 0. The zero-order valence-electron chi connectivity index (χ0n) is 13.8. The summed E-state index contributed by atoms with van der Waals surface area (Å²) in [5.74, 6) is 0. The number of nitrogens with zero attached hydrogens (tertiary/aromatic N) is 1. The van der Waals surface area contributed by atoms with Gasteiger partial charge in [-0.25, -0.2) is 0 Å². The molecule has 0 spiro atoms. The Morgan fingerprint density at radius 3 is 1.62 bits per heavy atom. The Labute approximate surface area is 147 Å². The Morgan fingerprint density at radius 1 is 0.708 bits per heavy atom. The first-order chi connectivity index (χ1) is 11.6. The van der Waals surface area contributed by atoms with E-state index in [4.69, 9.17) is 0 Å². The topological polar surface area (TPSA) is 29.4 Å². The van der Waals surface area contributed by atoms with Gasteiger partial charge in [-0.2, -0.15) is 0 Å². The number of aryl methyl sites for hydroxylation is 2. The van der Waals surface area contributed by atoms with Crippen molar-refractivity contribution in [2.75, 3.05) is 0 Å². The fraction of sp³-hybridized carbons (Fsp3) is 0.0952. The van der Waals surface area contributed by atoms with Crippen LogP contribution in [-0.2, 0) is 3.83 Å². The minimum absolute atomic E-state index is 0.791. The molecule has 3 aromatic rings. The molecule has 120 valence electrons. The average molecular weight is 380 g/mol. The van der Waals surface area contributed by atoms with Gasteiger partial charge < -0.3 is 0 Å². The third-order valence-corrected chi connectivity index (χ3v) is 5.92. The molecule has 0 radical (unpaired) electrons. The molecular formula is C21H19NOSe. The Balaban J connectivity index is 2.07. The predicted molar refractivity (Wildman–Crippen MR) is 101 cm³/mol. The minimum atomic E-state index is -2.49. The fourth-order valence-electron chi connectivity index (χ4n) is 2.37. The van der Waals surface area contributed by atoms with Gasteiger partial charge in [-0.3, -0.25) is 0 Å². The molecular weight excluding hydrogens is 361 g/mol. The zero-order chi connectivity index (χ0) is 16.9. The van der Waals surface area contributed by atoms with Gasteiger partial charge in [0.15, 0.2) is 0 Å². The number of rotatable bonds is 4. The first-order valence-electron chi connectivity index (χ1n) is 7.83. The standard InChI is InChI=1S/C21H19NOSe/c1-16-8-12-18(13-9-16)21(19-14-10-17(2)11-15-19)22-24(23)20-6-4-3-5-7-20/h3-15H,1-2H3. The van der Waals surface area contributed by atoms with E-state index in [1.165, 1.54) is 11.1 Å². The van der Waals surface area contributed by atoms with Crippen LogP contribution in [0.5, 0.6) is 0 Å². The molecule has 3 heteroatoms. The normalized spacial score (nSPS) is 11.8. The van der Waals surface area contributed by atoms with Crippen LogP contribution in [0.3, 0.4) is 0 Å². The third-order valence-electron chi connectivity index (χ3n) is 3.77.